The average molecular weight is 159 g/mol. The van der Waals surface area contributed by atoms with Crippen molar-refractivity contribution in [2.75, 3.05) is 13.1 Å². The SMILES string of the molecule is O=C(O)NNC1CCCNC1. The van der Waals surface area contributed by atoms with Gasteiger partial charge in [-0.05, 0) is 19.4 Å². The molecule has 0 bridgehead atoms. The number of carbonyl (C=O) groups is 1. The second-order valence-corrected chi connectivity index (χ2v) is 2.62. The van der Waals surface area contributed by atoms with Gasteiger partial charge in [0.1, 0.15) is 0 Å². The minimum atomic E-state index is -1.03. The molecule has 11 heavy (non-hydrogen) atoms. The molecule has 5 heteroatoms. The number of carboxylic acid groups (broad SMARTS) is 1. The first-order valence-corrected chi connectivity index (χ1v) is 3.74. The molecule has 1 atom stereocenters. The predicted molar refractivity (Wildman–Crippen MR) is 40.2 cm³/mol. The average Bonchev–Trinajstić information content (AvgIpc) is 2.03. The molecule has 0 aromatic heterocycles. The van der Waals surface area contributed by atoms with Crippen LogP contribution in [0.1, 0.15) is 12.8 Å². The maximum atomic E-state index is 10.0. The van der Waals surface area contributed by atoms with E-state index >= 15 is 0 Å². The lowest BCUT2D eigenvalue weighted by Gasteiger charge is -2.23. The lowest BCUT2D eigenvalue weighted by atomic mass is 10.1. The normalized spacial score (nSPS) is 24.5. The minimum absolute atomic E-state index is 0.236. The van der Waals surface area contributed by atoms with Crippen molar-refractivity contribution in [3.8, 4) is 0 Å². The third kappa shape index (κ3) is 3.20. The zero-order valence-corrected chi connectivity index (χ0v) is 6.26. The number of rotatable bonds is 2. The van der Waals surface area contributed by atoms with Gasteiger partial charge in [-0.15, -0.1) is 0 Å². The van der Waals surface area contributed by atoms with Crippen LogP contribution in [0.25, 0.3) is 0 Å². The van der Waals surface area contributed by atoms with Crippen molar-refractivity contribution in [2.45, 2.75) is 18.9 Å². The van der Waals surface area contributed by atoms with Gasteiger partial charge in [-0.25, -0.2) is 10.2 Å². The van der Waals surface area contributed by atoms with E-state index in [4.69, 9.17) is 5.11 Å². The van der Waals surface area contributed by atoms with Crippen LogP contribution in [0.5, 0.6) is 0 Å². The Morgan fingerprint density at radius 2 is 2.45 bits per heavy atom. The maximum Gasteiger partial charge on any atom is 0.419 e. The molecule has 1 rings (SSSR count). The molecule has 64 valence electrons. The van der Waals surface area contributed by atoms with Crippen LogP contribution in [0.4, 0.5) is 4.79 Å². The van der Waals surface area contributed by atoms with Gasteiger partial charge >= 0.3 is 6.09 Å². The van der Waals surface area contributed by atoms with Gasteiger partial charge in [0, 0.05) is 12.6 Å². The minimum Gasteiger partial charge on any atom is -0.464 e. The number of nitrogens with one attached hydrogen (secondary N) is 3. The summed E-state index contributed by atoms with van der Waals surface area (Å²) in [5.41, 5.74) is 4.85. The van der Waals surface area contributed by atoms with Crippen molar-refractivity contribution < 1.29 is 9.90 Å². The predicted octanol–water partition coefficient (Wildman–Crippen LogP) is -0.489. The summed E-state index contributed by atoms with van der Waals surface area (Å²) < 4.78 is 0. The van der Waals surface area contributed by atoms with Crippen molar-refractivity contribution in [3.05, 3.63) is 0 Å². The first-order chi connectivity index (χ1) is 5.29. The quantitative estimate of drug-likeness (QED) is 0.410. The van der Waals surface area contributed by atoms with E-state index in [-0.39, 0.29) is 6.04 Å². The van der Waals surface area contributed by atoms with Gasteiger partial charge in [-0.3, -0.25) is 5.43 Å². The Balaban J connectivity index is 2.09. The molecule has 0 radical (unpaired) electrons. The molecule has 1 fully saturated rings. The number of hydrogen-bond acceptors (Lipinski definition) is 3. The zero-order valence-electron chi connectivity index (χ0n) is 6.26. The van der Waals surface area contributed by atoms with Crippen molar-refractivity contribution in [2.24, 2.45) is 0 Å². The Morgan fingerprint density at radius 1 is 1.64 bits per heavy atom. The Morgan fingerprint density at radius 3 is 3.00 bits per heavy atom. The summed E-state index contributed by atoms with van der Waals surface area (Å²) in [7, 11) is 0. The Labute approximate surface area is 65.1 Å². The molecular formula is C6H13N3O2. The molecule has 0 saturated carbocycles. The fourth-order valence-corrected chi connectivity index (χ4v) is 1.14. The molecule has 1 heterocycles. The maximum absolute atomic E-state index is 10.0. The Kier molecular flexibility index (Phi) is 3.13. The van der Waals surface area contributed by atoms with Gasteiger partial charge in [-0.2, -0.15) is 0 Å². The van der Waals surface area contributed by atoms with E-state index in [0.717, 1.165) is 25.9 Å². The number of hydrogen-bond donors (Lipinski definition) is 4. The summed E-state index contributed by atoms with van der Waals surface area (Å²) in [6, 6.07) is 0.236. The van der Waals surface area contributed by atoms with Crippen LogP contribution in [-0.4, -0.2) is 30.3 Å². The molecule has 4 N–H and O–H groups in total. The lowest BCUT2D eigenvalue weighted by molar-refractivity contribution is 0.184. The van der Waals surface area contributed by atoms with E-state index in [2.05, 4.69) is 16.2 Å². The summed E-state index contributed by atoms with van der Waals surface area (Å²) >= 11 is 0. The third-order valence-electron chi connectivity index (χ3n) is 1.68. The summed E-state index contributed by atoms with van der Waals surface area (Å²) in [4.78, 5) is 10.0. The Hall–Kier alpha value is -0.810. The lowest BCUT2D eigenvalue weighted by Crippen LogP contribution is -2.50. The van der Waals surface area contributed by atoms with E-state index in [1.54, 1.807) is 0 Å². The summed E-state index contributed by atoms with van der Waals surface area (Å²) in [6.07, 6.45) is 1.09. The second-order valence-electron chi connectivity index (χ2n) is 2.62. The molecule has 1 aliphatic heterocycles. The number of piperidine rings is 1. The van der Waals surface area contributed by atoms with Gasteiger partial charge in [0.15, 0.2) is 0 Å². The fraction of sp³-hybridized carbons (Fsp3) is 0.833. The summed E-state index contributed by atoms with van der Waals surface area (Å²) in [6.45, 7) is 1.87. The molecular weight excluding hydrogens is 146 g/mol. The smallest absolute Gasteiger partial charge is 0.419 e. The van der Waals surface area contributed by atoms with Crippen molar-refractivity contribution in [3.63, 3.8) is 0 Å². The molecule has 1 aliphatic rings. The second kappa shape index (κ2) is 4.15. The standard InChI is InChI=1S/C6H13N3O2/c10-6(11)9-8-5-2-1-3-7-4-5/h5,7-9H,1-4H2,(H,10,11). The van der Waals surface area contributed by atoms with Crippen LogP contribution in [0.15, 0.2) is 0 Å². The summed E-state index contributed by atoms with van der Waals surface area (Å²) in [5, 5.41) is 11.4. The monoisotopic (exact) mass is 159 g/mol. The van der Waals surface area contributed by atoms with Crippen LogP contribution in [0.2, 0.25) is 0 Å². The fourth-order valence-electron chi connectivity index (χ4n) is 1.14. The van der Waals surface area contributed by atoms with E-state index in [1.807, 2.05) is 0 Å². The van der Waals surface area contributed by atoms with Crippen LogP contribution in [-0.2, 0) is 0 Å². The molecule has 1 unspecified atom stereocenters. The van der Waals surface area contributed by atoms with Crippen LogP contribution in [0.3, 0.4) is 0 Å². The van der Waals surface area contributed by atoms with E-state index < -0.39 is 6.09 Å². The highest BCUT2D eigenvalue weighted by Crippen LogP contribution is 1.99. The van der Waals surface area contributed by atoms with Crippen molar-refractivity contribution in [1.29, 1.82) is 0 Å². The van der Waals surface area contributed by atoms with E-state index in [1.165, 1.54) is 0 Å². The largest absolute Gasteiger partial charge is 0.464 e. The van der Waals surface area contributed by atoms with Gasteiger partial charge < -0.3 is 10.4 Å². The van der Waals surface area contributed by atoms with Crippen LogP contribution >= 0.6 is 0 Å². The number of hydrazine groups is 1. The highest BCUT2D eigenvalue weighted by atomic mass is 16.4. The van der Waals surface area contributed by atoms with Gasteiger partial charge in [0.05, 0.1) is 0 Å². The molecule has 0 aliphatic carbocycles. The first kappa shape index (κ1) is 8.29. The molecule has 1 saturated heterocycles. The van der Waals surface area contributed by atoms with Crippen LogP contribution in [0, 0.1) is 0 Å². The topological polar surface area (TPSA) is 73.4 Å². The van der Waals surface area contributed by atoms with Gasteiger partial charge in [-0.1, -0.05) is 0 Å². The molecule has 0 spiro atoms. The first-order valence-electron chi connectivity index (χ1n) is 3.74. The third-order valence-corrected chi connectivity index (χ3v) is 1.68. The zero-order chi connectivity index (χ0) is 8.10. The number of amides is 1. The Bertz CT molecular complexity index is 134. The molecule has 5 nitrogen and oxygen atoms in total. The van der Waals surface area contributed by atoms with Crippen molar-refractivity contribution in [1.82, 2.24) is 16.2 Å². The van der Waals surface area contributed by atoms with E-state index in [0.29, 0.717) is 0 Å². The van der Waals surface area contributed by atoms with Crippen LogP contribution < -0.4 is 16.2 Å². The summed E-state index contributed by atoms with van der Waals surface area (Å²) in [5.74, 6) is 0. The van der Waals surface area contributed by atoms with Gasteiger partial charge in [0.2, 0.25) is 0 Å². The highest BCUT2D eigenvalue weighted by Gasteiger charge is 2.11. The molecule has 0 aromatic rings. The molecule has 1 amide bonds. The molecule has 0 aromatic carbocycles. The van der Waals surface area contributed by atoms with E-state index in [9.17, 15) is 4.79 Å². The highest BCUT2D eigenvalue weighted by molar-refractivity contribution is 5.63. The van der Waals surface area contributed by atoms with Crippen molar-refractivity contribution >= 4 is 6.09 Å². The van der Waals surface area contributed by atoms with Gasteiger partial charge in [0.25, 0.3) is 0 Å².